The minimum Gasteiger partial charge on any atom is -0.461 e. The number of aliphatic hydroxyl groups is 2. The van der Waals surface area contributed by atoms with Crippen molar-refractivity contribution in [3.63, 3.8) is 0 Å². The van der Waals surface area contributed by atoms with Crippen LogP contribution in [0.4, 0.5) is 0 Å². The van der Waals surface area contributed by atoms with Gasteiger partial charge in [0.05, 0.1) is 29.8 Å². The number of hydrogen-bond donors (Lipinski definition) is 2. The van der Waals surface area contributed by atoms with Gasteiger partial charge in [0.2, 0.25) is 0 Å². The molecule has 2 saturated heterocycles. The van der Waals surface area contributed by atoms with Gasteiger partial charge in [-0.05, 0) is 31.1 Å². The van der Waals surface area contributed by atoms with Gasteiger partial charge in [-0.25, -0.2) is 4.79 Å². The number of hydrogen-bond acceptors (Lipinski definition) is 8. The second kappa shape index (κ2) is 7.12. The van der Waals surface area contributed by atoms with Gasteiger partial charge in [0.25, 0.3) is 0 Å². The van der Waals surface area contributed by atoms with Crippen LogP contribution in [-0.4, -0.2) is 71.5 Å². The maximum absolute atomic E-state index is 12.8. The van der Waals surface area contributed by atoms with Crippen molar-refractivity contribution in [2.24, 2.45) is 10.8 Å². The normalized spacial score (nSPS) is 43.9. The third-order valence-corrected chi connectivity index (χ3v) is 8.10. The quantitative estimate of drug-likeness (QED) is 0.407. The lowest BCUT2D eigenvalue weighted by Crippen LogP contribution is -2.71. The molecular weight excluding hydrogens is 416 g/mol. The van der Waals surface area contributed by atoms with Crippen LogP contribution in [0.2, 0.25) is 0 Å². The fourth-order valence-electron chi connectivity index (χ4n) is 6.27. The van der Waals surface area contributed by atoms with Gasteiger partial charge < -0.3 is 29.2 Å². The van der Waals surface area contributed by atoms with Crippen molar-refractivity contribution in [2.75, 3.05) is 13.2 Å². The molecule has 8 atom stereocenters. The Morgan fingerprint density at radius 3 is 2.53 bits per heavy atom. The summed E-state index contributed by atoms with van der Waals surface area (Å²) in [6, 6.07) is 8.60. The van der Waals surface area contributed by atoms with E-state index in [9.17, 15) is 19.8 Å². The average molecular weight is 444 g/mol. The van der Waals surface area contributed by atoms with Gasteiger partial charge >= 0.3 is 11.9 Å². The van der Waals surface area contributed by atoms with Gasteiger partial charge in [-0.1, -0.05) is 31.2 Å². The van der Waals surface area contributed by atoms with Crippen LogP contribution in [0, 0.1) is 10.8 Å². The second-order valence-corrected chi connectivity index (χ2v) is 9.62. The summed E-state index contributed by atoms with van der Waals surface area (Å²) in [6.45, 7) is 5.21. The van der Waals surface area contributed by atoms with Crippen molar-refractivity contribution in [1.82, 2.24) is 0 Å². The van der Waals surface area contributed by atoms with Crippen LogP contribution < -0.4 is 0 Å². The summed E-state index contributed by atoms with van der Waals surface area (Å²) in [4.78, 5) is 24.6. The Balaban J connectivity index is 1.56. The molecule has 8 heteroatoms. The van der Waals surface area contributed by atoms with E-state index >= 15 is 0 Å². The van der Waals surface area contributed by atoms with Crippen LogP contribution in [0.15, 0.2) is 42.0 Å². The van der Waals surface area contributed by atoms with Gasteiger partial charge in [-0.15, -0.1) is 0 Å². The smallest absolute Gasteiger partial charge is 0.338 e. The highest BCUT2D eigenvalue weighted by Gasteiger charge is 2.84. The van der Waals surface area contributed by atoms with Crippen LogP contribution in [0.25, 0.3) is 0 Å². The van der Waals surface area contributed by atoms with E-state index in [1.807, 2.05) is 6.92 Å². The largest absolute Gasteiger partial charge is 0.461 e. The van der Waals surface area contributed by atoms with E-state index in [0.717, 1.165) is 0 Å². The molecule has 2 bridgehead atoms. The first-order chi connectivity index (χ1) is 15.2. The lowest BCUT2D eigenvalue weighted by atomic mass is 9.50. The van der Waals surface area contributed by atoms with Crippen molar-refractivity contribution in [2.45, 2.75) is 63.3 Å². The first-order valence-electron chi connectivity index (χ1n) is 10.9. The zero-order valence-electron chi connectivity index (χ0n) is 18.3. The van der Waals surface area contributed by atoms with Gasteiger partial charge in [0.15, 0.2) is 0 Å². The Hall–Kier alpha value is -2.26. The minimum atomic E-state index is -1.27. The van der Waals surface area contributed by atoms with E-state index in [-0.39, 0.29) is 6.61 Å². The minimum absolute atomic E-state index is 0.186. The van der Waals surface area contributed by atoms with E-state index in [4.69, 9.17) is 18.9 Å². The summed E-state index contributed by atoms with van der Waals surface area (Å²) >= 11 is 0. The molecule has 3 fully saturated rings. The SMILES string of the molecule is CC(=O)O[C@@H]1C[C@]2(C)[C@@]3(COC(=O)c4ccccc4)[C@H](O)[C@H](O)C(C)=C[C@H]3O[C@H]1[C@@]21CO1. The van der Waals surface area contributed by atoms with Crippen molar-refractivity contribution in [3.05, 3.63) is 47.5 Å². The van der Waals surface area contributed by atoms with E-state index < -0.39 is 58.9 Å². The monoisotopic (exact) mass is 444 g/mol. The van der Waals surface area contributed by atoms with Crippen LogP contribution >= 0.6 is 0 Å². The molecule has 0 radical (unpaired) electrons. The Bertz CT molecular complexity index is 969. The van der Waals surface area contributed by atoms with Gasteiger partial charge in [-0.3, -0.25) is 4.79 Å². The number of ether oxygens (including phenoxy) is 4. The molecule has 2 heterocycles. The Labute approximate surface area is 186 Å². The van der Waals surface area contributed by atoms with E-state index in [1.165, 1.54) is 6.92 Å². The maximum atomic E-state index is 12.8. The molecule has 4 aliphatic rings. The number of carbonyl (C=O) groups excluding carboxylic acids is 2. The van der Waals surface area contributed by atoms with Crippen molar-refractivity contribution < 1.29 is 38.7 Å². The van der Waals surface area contributed by atoms with Crippen LogP contribution in [0.3, 0.4) is 0 Å². The maximum Gasteiger partial charge on any atom is 0.338 e. The zero-order valence-corrected chi connectivity index (χ0v) is 18.3. The van der Waals surface area contributed by atoms with E-state index in [1.54, 1.807) is 43.3 Å². The van der Waals surface area contributed by atoms with Gasteiger partial charge in [0, 0.05) is 12.3 Å². The summed E-state index contributed by atoms with van der Waals surface area (Å²) in [5.74, 6) is -0.955. The molecule has 2 aliphatic heterocycles. The Morgan fingerprint density at radius 2 is 1.91 bits per heavy atom. The van der Waals surface area contributed by atoms with E-state index in [0.29, 0.717) is 24.2 Å². The van der Waals surface area contributed by atoms with Crippen molar-refractivity contribution >= 4 is 11.9 Å². The highest BCUT2D eigenvalue weighted by molar-refractivity contribution is 5.89. The Morgan fingerprint density at radius 1 is 1.22 bits per heavy atom. The third-order valence-electron chi connectivity index (χ3n) is 8.10. The first-order valence-corrected chi connectivity index (χ1v) is 10.9. The van der Waals surface area contributed by atoms with E-state index in [2.05, 4.69) is 0 Å². The molecular formula is C24H28O8. The van der Waals surface area contributed by atoms with Gasteiger partial charge in [0.1, 0.15) is 30.5 Å². The van der Waals surface area contributed by atoms with Crippen molar-refractivity contribution in [1.29, 1.82) is 0 Å². The van der Waals surface area contributed by atoms with Gasteiger partial charge in [-0.2, -0.15) is 0 Å². The number of carbonyl (C=O) groups is 2. The lowest BCUT2D eigenvalue weighted by molar-refractivity contribution is -0.261. The highest BCUT2D eigenvalue weighted by atomic mass is 16.7. The molecule has 0 unspecified atom stereocenters. The number of rotatable bonds is 4. The highest BCUT2D eigenvalue weighted by Crippen LogP contribution is 2.71. The molecule has 2 aliphatic carbocycles. The van der Waals surface area contributed by atoms with Crippen LogP contribution in [0.5, 0.6) is 0 Å². The average Bonchev–Trinajstić information content (AvgIpc) is 3.53. The Kier molecular flexibility index (Phi) is 4.80. The predicted molar refractivity (Wildman–Crippen MR) is 111 cm³/mol. The molecule has 32 heavy (non-hydrogen) atoms. The number of aliphatic hydroxyl groups excluding tert-OH is 2. The summed E-state index contributed by atoms with van der Waals surface area (Å²) < 4.78 is 23.7. The van der Waals surface area contributed by atoms with Crippen LogP contribution in [0.1, 0.15) is 37.6 Å². The summed E-state index contributed by atoms with van der Waals surface area (Å²) in [5.41, 5.74) is -1.81. The number of esters is 2. The molecule has 0 amide bonds. The standard InChI is InChI=1S/C24H28O8/c1-13-9-17-23(19(27)18(13)26,11-29-21(28)15-7-5-4-6-8-15)22(3)10-16(31-14(2)25)20(32-17)24(22)12-30-24/h4-9,16-20,26-27H,10-12H2,1-3H3/t16-,17-,18-,19-,20-,22-,23-,24+/m1/s1. The fourth-order valence-corrected chi connectivity index (χ4v) is 6.27. The second-order valence-electron chi connectivity index (χ2n) is 9.62. The fraction of sp³-hybridized carbons (Fsp3) is 0.583. The summed E-state index contributed by atoms with van der Waals surface area (Å²) in [5, 5.41) is 22.3. The molecule has 1 aromatic carbocycles. The molecule has 1 spiro atoms. The molecule has 8 nitrogen and oxygen atoms in total. The lowest BCUT2D eigenvalue weighted by Gasteiger charge is -2.59. The molecule has 1 aromatic rings. The molecule has 1 saturated carbocycles. The molecule has 5 rings (SSSR count). The topological polar surface area (TPSA) is 115 Å². The summed E-state index contributed by atoms with van der Waals surface area (Å²) in [7, 11) is 0. The third kappa shape index (κ3) is 2.70. The summed E-state index contributed by atoms with van der Waals surface area (Å²) in [6.07, 6.45) is -2.02. The molecule has 2 N–H and O–H groups in total. The zero-order chi connectivity index (χ0) is 22.9. The molecule has 172 valence electrons. The number of epoxide rings is 1. The molecule has 0 aromatic heterocycles. The number of fused-ring (bicyclic) bond motifs is 2. The first kappa shape index (κ1) is 21.6. The number of benzene rings is 1. The predicted octanol–water partition coefficient (Wildman–Crippen LogP) is 1.39. The van der Waals surface area contributed by atoms with Crippen molar-refractivity contribution in [3.8, 4) is 0 Å². The van der Waals surface area contributed by atoms with Crippen LogP contribution in [-0.2, 0) is 23.7 Å².